The van der Waals surface area contributed by atoms with E-state index >= 15 is 0 Å². The highest BCUT2D eigenvalue weighted by atomic mass is 16.5. The monoisotopic (exact) mass is 296 g/mol. The summed E-state index contributed by atoms with van der Waals surface area (Å²) < 4.78 is 10.1. The van der Waals surface area contributed by atoms with E-state index in [9.17, 15) is 9.90 Å². The molecule has 6 heteroatoms. The van der Waals surface area contributed by atoms with Gasteiger partial charge in [0.2, 0.25) is 5.91 Å². The van der Waals surface area contributed by atoms with Crippen molar-refractivity contribution in [3.05, 3.63) is 29.8 Å². The molecular formula is C15H24N2O4. The molecule has 1 amide bonds. The van der Waals surface area contributed by atoms with Crippen LogP contribution in [-0.2, 0) is 20.7 Å². The molecule has 0 bridgehead atoms. The molecule has 0 unspecified atom stereocenters. The van der Waals surface area contributed by atoms with E-state index in [0.29, 0.717) is 32.8 Å². The molecule has 0 radical (unpaired) electrons. The van der Waals surface area contributed by atoms with Gasteiger partial charge in [0.05, 0.1) is 19.3 Å². The molecule has 0 heterocycles. The van der Waals surface area contributed by atoms with Crippen LogP contribution in [0.3, 0.4) is 0 Å². The number of methoxy groups -OCH3 is 1. The van der Waals surface area contributed by atoms with Crippen LogP contribution >= 0.6 is 0 Å². The average molecular weight is 296 g/mol. The summed E-state index contributed by atoms with van der Waals surface area (Å²) in [5.41, 5.74) is 6.76. The van der Waals surface area contributed by atoms with Crippen molar-refractivity contribution >= 4 is 5.91 Å². The number of aromatic hydroxyl groups is 1. The minimum atomic E-state index is -0.594. The van der Waals surface area contributed by atoms with Crippen LogP contribution in [-0.4, -0.2) is 50.5 Å². The van der Waals surface area contributed by atoms with Crippen molar-refractivity contribution in [3.63, 3.8) is 0 Å². The van der Waals surface area contributed by atoms with E-state index < -0.39 is 6.04 Å². The number of nitrogens with two attached hydrogens (primary N) is 1. The molecule has 0 aliphatic heterocycles. The van der Waals surface area contributed by atoms with Crippen molar-refractivity contribution in [3.8, 4) is 5.75 Å². The Balaban J connectivity index is 2.15. The number of rotatable bonds is 10. The van der Waals surface area contributed by atoms with Gasteiger partial charge >= 0.3 is 0 Å². The second kappa shape index (κ2) is 10.1. The maximum atomic E-state index is 11.8. The lowest BCUT2D eigenvalue weighted by atomic mass is 10.1. The minimum absolute atomic E-state index is 0.181. The van der Waals surface area contributed by atoms with E-state index in [0.717, 1.165) is 12.0 Å². The van der Waals surface area contributed by atoms with Gasteiger partial charge in [-0.25, -0.2) is 0 Å². The highest BCUT2D eigenvalue weighted by Crippen LogP contribution is 2.10. The van der Waals surface area contributed by atoms with Gasteiger partial charge in [-0.3, -0.25) is 4.79 Å². The summed E-state index contributed by atoms with van der Waals surface area (Å²) in [6.45, 7) is 2.25. The van der Waals surface area contributed by atoms with Gasteiger partial charge in [-0.15, -0.1) is 0 Å². The van der Waals surface area contributed by atoms with E-state index in [2.05, 4.69) is 5.32 Å². The average Bonchev–Trinajstić information content (AvgIpc) is 2.48. The third-order valence-electron chi connectivity index (χ3n) is 2.93. The first kappa shape index (κ1) is 17.4. The van der Waals surface area contributed by atoms with E-state index in [-0.39, 0.29) is 11.7 Å². The summed E-state index contributed by atoms with van der Waals surface area (Å²) in [5.74, 6) is 0.0187. The Bertz CT molecular complexity index is 409. The molecule has 0 aromatic heterocycles. The fraction of sp³-hybridized carbons (Fsp3) is 0.533. The highest BCUT2D eigenvalue weighted by molar-refractivity contribution is 5.81. The van der Waals surface area contributed by atoms with Crippen LogP contribution in [0.15, 0.2) is 24.3 Å². The van der Waals surface area contributed by atoms with Crippen molar-refractivity contribution in [1.29, 1.82) is 0 Å². The molecule has 0 saturated heterocycles. The fourth-order valence-electron chi connectivity index (χ4n) is 1.74. The molecule has 1 aromatic carbocycles. The number of phenolic OH excluding ortho intramolecular Hbond substituents is 1. The summed E-state index contributed by atoms with van der Waals surface area (Å²) >= 11 is 0. The van der Waals surface area contributed by atoms with Gasteiger partial charge in [-0.05, 0) is 30.5 Å². The molecule has 1 aromatic rings. The van der Waals surface area contributed by atoms with Gasteiger partial charge in [-0.2, -0.15) is 0 Å². The zero-order valence-corrected chi connectivity index (χ0v) is 12.4. The standard InChI is InChI=1S/C15H24N2O4/c1-20-9-10-21-8-2-7-17-15(19)14(16)11-12-3-5-13(18)6-4-12/h3-6,14,18H,2,7-11,16H2,1H3,(H,17,19)/t14-/m0/s1. The summed E-state index contributed by atoms with van der Waals surface area (Å²) in [7, 11) is 1.62. The largest absolute Gasteiger partial charge is 0.508 e. The Morgan fingerprint density at radius 2 is 2.00 bits per heavy atom. The molecule has 21 heavy (non-hydrogen) atoms. The molecule has 118 valence electrons. The van der Waals surface area contributed by atoms with Crippen LogP contribution in [0.1, 0.15) is 12.0 Å². The van der Waals surface area contributed by atoms with Crippen LogP contribution in [0.4, 0.5) is 0 Å². The molecule has 0 aliphatic carbocycles. The molecule has 6 nitrogen and oxygen atoms in total. The summed E-state index contributed by atoms with van der Waals surface area (Å²) in [6.07, 6.45) is 1.18. The normalized spacial score (nSPS) is 12.1. The van der Waals surface area contributed by atoms with Crippen LogP contribution in [0.2, 0.25) is 0 Å². The van der Waals surface area contributed by atoms with E-state index in [1.165, 1.54) is 0 Å². The Kier molecular flexibility index (Phi) is 8.42. The number of benzene rings is 1. The summed E-state index contributed by atoms with van der Waals surface area (Å²) in [4.78, 5) is 11.8. The van der Waals surface area contributed by atoms with Crippen molar-refractivity contribution < 1.29 is 19.4 Å². The third-order valence-corrected chi connectivity index (χ3v) is 2.93. The Hall–Kier alpha value is -1.63. The smallest absolute Gasteiger partial charge is 0.237 e. The van der Waals surface area contributed by atoms with E-state index in [1.807, 2.05) is 0 Å². The van der Waals surface area contributed by atoms with Gasteiger partial charge in [0, 0.05) is 20.3 Å². The lowest BCUT2D eigenvalue weighted by Crippen LogP contribution is -2.42. The molecule has 0 saturated carbocycles. The van der Waals surface area contributed by atoms with Crippen LogP contribution in [0, 0.1) is 0 Å². The number of ether oxygens (including phenoxy) is 2. The molecule has 1 atom stereocenters. The van der Waals surface area contributed by atoms with Gasteiger partial charge in [0.25, 0.3) is 0 Å². The van der Waals surface area contributed by atoms with E-state index in [1.54, 1.807) is 31.4 Å². The van der Waals surface area contributed by atoms with Crippen LogP contribution < -0.4 is 11.1 Å². The molecule has 1 rings (SSSR count). The quantitative estimate of drug-likeness (QED) is 0.544. The Labute approximate surface area is 125 Å². The number of carbonyl (C=O) groups is 1. The number of nitrogens with one attached hydrogen (secondary N) is 1. The van der Waals surface area contributed by atoms with Crippen molar-refractivity contribution in [1.82, 2.24) is 5.32 Å². The number of hydrogen-bond donors (Lipinski definition) is 3. The fourth-order valence-corrected chi connectivity index (χ4v) is 1.74. The predicted octanol–water partition coefficient (Wildman–Crippen LogP) is 0.431. The molecular weight excluding hydrogens is 272 g/mol. The first-order valence-electron chi connectivity index (χ1n) is 7.01. The van der Waals surface area contributed by atoms with Gasteiger partial charge in [-0.1, -0.05) is 12.1 Å². The van der Waals surface area contributed by atoms with Gasteiger partial charge < -0.3 is 25.6 Å². The van der Waals surface area contributed by atoms with Crippen molar-refractivity contribution in [2.24, 2.45) is 5.73 Å². The predicted molar refractivity (Wildman–Crippen MR) is 80.1 cm³/mol. The number of carbonyl (C=O) groups excluding carboxylic acids is 1. The zero-order chi connectivity index (χ0) is 15.5. The third kappa shape index (κ3) is 7.65. The molecule has 0 spiro atoms. The number of hydrogen-bond acceptors (Lipinski definition) is 5. The van der Waals surface area contributed by atoms with Crippen molar-refractivity contribution in [2.75, 3.05) is 33.5 Å². The van der Waals surface area contributed by atoms with Gasteiger partial charge in [0.15, 0.2) is 0 Å². The SMILES string of the molecule is COCCOCCCNC(=O)[C@@H](N)Cc1ccc(O)cc1. The van der Waals surface area contributed by atoms with Gasteiger partial charge in [0.1, 0.15) is 5.75 Å². The second-order valence-corrected chi connectivity index (χ2v) is 4.73. The van der Waals surface area contributed by atoms with Crippen molar-refractivity contribution in [2.45, 2.75) is 18.9 Å². The molecule has 0 fully saturated rings. The molecule has 4 N–H and O–H groups in total. The highest BCUT2D eigenvalue weighted by Gasteiger charge is 2.13. The summed E-state index contributed by atoms with van der Waals surface area (Å²) in [5, 5.41) is 12.0. The Morgan fingerprint density at radius 1 is 1.29 bits per heavy atom. The van der Waals surface area contributed by atoms with Crippen LogP contribution in [0.5, 0.6) is 5.75 Å². The lowest BCUT2D eigenvalue weighted by Gasteiger charge is -2.12. The number of amides is 1. The maximum absolute atomic E-state index is 11.8. The first-order valence-corrected chi connectivity index (χ1v) is 7.01. The minimum Gasteiger partial charge on any atom is -0.508 e. The van der Waals surface area contributed by atoms with Crippen LogP contribution in [0.25, 0.3) is 0 Å². The summed E-state index contributed by atoms with van der Waals surface area (Å²) in [6, 6.07) is 6.08. The lowest BCUT2D eigenvalue weighted by molar-refractivity contribution is -0.122. The first-order chi connectivity index (χ1) is 10.1. The zero-order valence-electron chi connectivity index (χ0n) is 12.4. The topological polar surface area (TPSA) is 93.8 Å². The molecule has 0 aliphatic rings. The van der Waals surface area contributed by atoms with E-state index in [4.69, 9.17) is 15.2 Å². The second-order valence-electron chi connectivity index (χ2n) is 4.73. The maximum Gasteiger partial charge on any atom is 0.237 e. The number of phenols is 1. The Morgan fingerprint density at radius 3 is 2.67 bits per heavy atom.